The maximum absolute atomic E-state index is 14.9. The second-order valence-electron chi connectivity index (χ2n) is 9.78. The quantitative estimate of drug-likeness (QED) is 0.644. The molecule has 34 heavy (non-hydrogen) atoms. The predicted octanol–water partition coefficient (Wildman–Crippen LogP) is 4.28. The summed E-state index contributed by atoms with van der Waals surface area (Å²) >= 11 is 6.35. The van der Waals surface area contributed by atoms with Crippen LogP contribution in [0.5, 0.6) is 0 Å². The Kier molecular flexibility index (Phi) is 5.92. The zero-order valence-corrected chi connectivity index (χ0v) is 21.0. The number of carbonyl (C=O) groups excluding carboxylic acids is 1. The van der Waals surface area contributed by atoms with E-state index in [1.54, 1.807) is 15.5 Å². The topological polar surface area (TPSA) is 63.0 Å². The van der Waals surface area contributed by atoms with Gasteiger partial charge in [0.1, 0.15) is 17.5 Å². The van der Waals surface area contributed by atoms with Crippen molar-refractivity contribution in [1.82, 2.24) is 24.4 Å². The molecular weight excluding hydrogens is 457 g/mol. The van der Waals surface area contributed by atoms with Gasteiger partial charge in [-0.15, -0.1) is 0 Å². The van der Waals surface area contributed by atoms with Crippen molar-refractivity contribution in [3.8, 4) is 0 Å². The number of aromatic nitrogens is 3. The minimum atomic E-state index is -1.53. The molecule has 1 unspecified atom stereocenters. The van der Waals surface area contributed by atoms with Crippen molar-refractivity contribution in [3.05, 3.63) is 51.2 Å². The normalized spacial score (nSPS) is 23.8. The number of hydrogen-bond acceptors (Lipinski definition) is 5. The van der Waals surface area contributed by atoms with E-state index >= 15 is 0 Å². The first-order valence-corrected chi connectivity index (χ1v) is 12.4. The van der Waals surface area contributed by atoms with Crippen molar-refractivity contribution in [2.75, 3.05) is 19.6 Å². The molecule has 2 aliphatic heterocycles. The van der Waals surface area contributed by atoms with Crippen LogP contribution < -0.4 is 0 Å². The highest BCUT2D eigenvalue weighted by Gasteiger charge is 2.36. The smallest absolute Gasteiger partial charge is 0.257 e. The van der Waals surface area contributed by atoms with Gasteiger partial charge in [-0.3, -0.25) is 4.79 Å². The van der Waals surface area contributed by atoms with Gasteiger partial charge in [-0.1, -0.05) is 24.6 Å². The number of amides is 1. The average Bonchev–Trinajstić information content (AvgIpc) is 3.36. The first-order chi connectivity index (χ1) is 16.2. The molecule has 0 saturated carbocycles. The molecular formula is C25H31ClFN5O2. The lowest BCUT2D eigenvalue weighted by Gasteiger charge is -2.34. The molecule has 182 valence electrons. The predicted molar refractivity (Wildman–Crippen MR) is 128 cm³/mol. The van der Waals surface area contributed by atoms with Crippen LogP contribution >= 0.6 is 11.6 Å². The Labute approximate surface area is 204 Å². The fourth-order valence-corrected chi connectivity index (χ4v) is 5.17. The molecule has 0 N–H and O–H groups in total. The molecule has 0 radical (unpaired) electrons. The number of carbonyl (C=O) groups is 1. The van der Waals surface area contributed by atoms with Crippen LogP contribution in [-0.4, -0.2) is 61.7 Å². The van der Waals surface area contributed by atoms with E-state index < -0.39 is 5.67 Å². The highest BCUT2D eigenvalue weighted by Crippen LogP contribution is 2.35. The van der Waals surface area contributed by atoms with E-state index in [1.807, 2.05) is 13.8 Å². The maximum Gasteiger partial charge on any atom is 0.257 e. The molecule has 1 saturated heterocycles. The van der Waals surface area contributed by atoms with E-state index in [4.69, 9.17) is 16.3 Å². The Hall–Kier alpha value is -2.45. The number of hydrogen-bond donors (Lipinski definition) is 0. The van der Waals surface area contributed by atoms with Crippen LogP contribution in [-0.2, 0) is 22.6 Å². The summed E-state index contributed by atoms with van der Waals surface area (Å²) in [5, 5.41) is 5.27. The molecule has 0 aromatic carbocycles. The van der Waals surface area contributed by atoms with Crippen molar-refractivity contribution in [2.45, 2.75) is 71.8 Å². The zero-order valence-electron chi connectivity index (χ0n) is 20.2. The number of aryl methyl sites for hydroxylation is 2. The lowest BCUT2D eigenvalue weighted by atomic mass is 9.93. The van der Waals surface area contributed by atoms with E-state index in [9.17, 15) is 9.18 Å². The molecule has 5 rings (SSSR count). The SMILES string of the molecule is CCN1CCC(OC2=CC(C)(F)CC=C2C(=O)N2Cc3nn4c(C)c(Cl)c(C)nc4c3C2)CC1. The number of ether oxygens (including phenoxy) is 1. The lowest BCUT2D eigenvalue weighted by molar-refractivity contribution is -0.128. The van der Waals surface area contributed by atoms with Gasteiger partial charge in [-0.25, -0.2) is 13.9 Å². The molecule has 3 aliphatic rings. The molecule has 1 amide bonds. The number of likely N-dealkylation sites (tertiary alicyclic amines) is 1. The summed E-state index contributed by atoms with van der Waals surface area (Å²) in [5.41, 5.74) is 2.96. The summed E-state index contributed by atoms with van der Waals surface area (Å²) in [6.07, 6.45) is 5.05. The van der Waals surface area contributed by atoms with Gasteiger partial charge in [-0.2, -0.15) is 5.10 Å². The molecule has 9 heteroatoms. The number of fused-ring (bicyclic) bond motifs is 3. The van der Waals surface area contributed by atoms with E-state index in [0.717, 1.165) is 60.8 Å². The van der Waals surface area contributed by atoms with Crippen LogP contribution in [0.15, 0.2) is 23.5 Å². The second kappa shape index (κ2) is 8.64. The van der Waals surface area contributed by atoms with E-state index in [1.165, 1.54) is 13.0 Å². The molecule has 2 aromatic rings. The first kappa shape index (κ1) is 23.3. The molecule has 1 atom stereocenters. The molecule has 2 aromatic heterocycles. The van der Waals surface area contributed by atoms with Crippen LogP contribution in [0, 0.1) is 13.8 Å². The summed E-state index contributed by atoms with van der Waals surface area (Å²) in [4.78, 5) is 22.3. The van der Waals surface area contributed by atoms with Gasteiger partial charge in [0, 0.05) is 25.1 Å². The van der Waals surface area contributed by atoms with Gasteiger partial charge in [0.05, 0.1) is 40.8 Å². The Morgan fingerprint density at radius 3 is 2.74 bits per heavy atom. The van der Waals surface area contributed by atoms with Crippen molar-refractivity contribution in [1.29, 1.82) is 0 Å². The number of halogens is 2. The van der Waals surface area contributed by atoms with Crippen molar-refractivity contribution in [3.63, 3.8) is 0 Å². The van der Waals surface area contributed by atoms with Crippen LogP contribution in [0.3, 0.4) is 0 Å². The third kappa shape index (κ3) is 4.11. The summed E-state index contributed by atoms with van der Waals surface area (Å²) in [6, 6.07) is 0. The average molecular weight is 488 g/mol. The minimum Gasteiger partial charge on any atom is -0.490 e. The number of nitrogens with zero attached hydrogens (tertiary/aromatic N) is 5. The van der Waals surface area contributed by atoms with E-state index in [0.29, 0.717) is 29.4 Å². The van der Waals surface area contributed by atoms with Gasteiger partial charge >= 0.3 is 0 Å². The molecule has 0 spiro atoms. The van der Waals surface area contributed by atoms with Gasteiger partial charge in [0.2, 0.25) is 0 Å². The third-order valence-electron chi connectivity index (χ3n) is 7.15. The Balaban J connectivity index is 1.36. The van der Waals surface area contributed by atoms with Gasteiger partial charge < -0.3 is 14.5 Å². The fourth-order valence-electron chi connectivity index (χ4n) is 5.05. The monoisotopic (exact) mass is 487 g/mol. The summed E-state index contributed by atoms with van der Waals surface area (Å²) in [5.74, 6) is 0.206. The van der Waals surface area contributed by atoms with Crippen LogP contribution in [0.1, 0.15) is 55.8 Å². The number of piperidine rings is 1. The van der Waals surface area contributed by atoms with Crippen LogP contribution in [0.4, 0.5) is 4.39 Å². The third-order valence-corrected chi connectivity index (χ3v) is 7.70. The molecule has 1 fully saturated rings. The van der Waals surface area contributed by atoms with Gasteiger partial charge in [0.15, 0.2) is 5.65 Å². The molecule has 0 bridgehead atoms. The Bertz CT molecular complexity index is 1210. The van der Waals surface area contributed by atoms with Gasteiger partial charge in [0.25, 0.3) is 5.91 Å². The number of allylic oxidation sites excluding steroid dienone is 2. The zero-order chi connectivity index (χ0) is 24.2. The first-order valence-electron chi connectivity index (χ1n) is 12.0. The number of alkyl halides is 1. The summed E-state index contributed by atoms with van der Waals surface area (Å²) in [6.45, 7) is 11.1. The molecule has 7 nitrogen and oxygen atoms in total. The van der Waals surface area contributed by atoms with E-state index in [-0.39, 0.29) is 18.4 Å². The van der Waals surface area contributed by atoms with Crippen LogP contribution in [0.25, 0.3) is 5.65 Å². The highest BCUT2D eigenvalue weighted by atomic mass is 35.5. The highest BCUT2D eigenvalue weighted by molar-refractivity contribution is 6.31. The van der Waals surface area contributed by atoms with Crippen LogP contribution in [0.2, 0.25) is 5.02 Å². The number of rotatable bonds is 4. The van der Waals surface area contributed by atoms with Crippen molar-refractivity contribution in [2.24, 2.45) is 0 Å². The van der Waals surface area contributed by atoms with E-state index in [2.05, 4.69) is 21.9 Å². The standard InChI is InChI=1S/C25H31ClFN5O2/c1-5-30-10-7-17(8-11-30)34-21-12-25(4,27)9-6-18(21)24(33)31-13-19-20(14-31)29-32-16(3)22(26)15(2)28-23(19)32/h6,12,17H,5,7-11,13-14H2,1-4H3. The van der Waals surface area contributed by atoms with Crippen molar-refractivity contribution >= 4 is 23.2 Å². The van der Waals surface area contributed by atoms with Crippen molar-refractivity contribution < 1.29 is 13.9 Å². The summed E-state index contributed by atoms with van der Waals surface area (Å²) in [7, 11) is 0. The lowest BCUT2D eigenvalue weighted by Crippen LogP contribution is -2.38. The summed E-state index contributed by atoms with van der Waals surface area (Å²) < 4.78 is 22.9. The minimum absolute atomic E-state index is 0.0148. The molecule has 4 heterocycles. The largest absolute Gasteiger partial charge is 0.490 e. The second-order valence-corrected chi connectivity index (χ2v) is 10.2. The Morgan fingerprint density at radius 1 is 1.29 bits per heavy atom. The Morgan fingerprint density at radius 2 is 2.03 bits per heavy atom. The fraction of sp³-hybridized carbons (Fsp3) is 0.560. The maximum atomic E-state index is 14.9. The van der Waals surface area contributed by atoms with Gasteiger partial charge in [-0.05, 0) is 46.2 Å². The molecule has 1 aliphatic carbocycles.